The van der Waals surface area contributed by atoms with Gasteiger partial charge >= 0.3 is 11.9 Å². The summed E-state index contributed by atoms with van der Waals surface area (Å²) in [4.78, 5) is 51.4. The van der Waals surface area contributed by atoms with Gasteiger partial charge in [0.2, 0.25) is 0 Å². The first-order chi connectivity index (χ1) is 28.7. The van der Waals surface area contributed by atoms with Crippen LogP contribution in [0.25, 0.3) is 21.8 Å². The number of esters is 2. The van der Waals surface area contributed by atoms with E-state index in [1.165, 1.54) is 0 Å². The molecule has 0 radical (unpaired) electrons. The van der Waals surface area contributed by atoms with Crippen LogP contribution >= 0.6 is 23.2 Å². The Balaban J connectivity index is 0.000000228. The smallest absolute Gasteiger partial charge is 0.310 e. The van der Waals surface area contributed by atoms with E-state index >= 15 is 0 Å². The van der Waals surface area contributed by atoms with Crippen molar-refractivity contribution in [2.75, 3.05) is 27.4 Å². The lowest BCUT2D eigenvalue weighted by Gasteiger charge is -2.12. The quantitative estimate of drug-likeness (QED) is 0.102. The maximum atomic E-state index is 13.3. The number of ether oxygens (including phenoxy) is 4. The van der Waals surface area contributed by atoms with E-state index in [-0.39, 0.29) is 44.0 Å². The number of fused-ring (bicyclic) bond motifs is 2. The molecule has 60 heavy (non-hydrogen) atoms. The van der Waals surface area contributed by atoms with E-state index in [0.29, 0.717) is 79.1 Å². The van der Waals surface area contributed by atoms with Crippen LogP contribution in [0.3, 0.4) is 0 Å². The Labute approximate surface area is 358 Å². The molecule has 2 atom stereocenters. The number of nitrogens with zero attached hydrogens (tertiary/aromatic N) is 2. The zero-order valence-corrected chi connectivity index (χ0v) is 35.8. The fourth-order valence-electron chi connectivity index (χ4n) is 6.78. The van der Waals surface area contributed by atoms with E-state index in [0.717, 1.165) is 10.8 Å². The Morgan fingerprint density at radius 2 is 1.08 bits per heavy atom. The largest absolute Gasteiger partial charge is 0.497 e. The van der Waals surface area contributed by atoms with Gasteiger partial charge in [-0.3, -0.25) is 28.3 Å². The van der Waals surface area contributed by atoms with E-state index in [2.05, 4.69) is 0 Å². The van der Waals surface area contributed by atoms with Crippen LogP contribution in [0, 0.1) is 13.8 Å². The predicted molar refractivity (Wildman–Crippen MR) is 231 cm³/mol. The van der Waals surface area contributed by atoms with Gasteiger partial charge in [0.1, 0.15) is 17.6 Å². The lowest BCUT2D eigenvalue weighted by atomic mass is 10.1. The number of aliphatic hydroxyl groups excluding tert-OH is 2. The van der Waals surface area contributed by atoms with Crippen molar-refractivity contribution >= 4 is 68.8 Å². The number of benzene rings is 4. The van der Waals surface area contributed by atoms with E-state index in [4.69, 9.17) is 47.3 Å². The molecule has 0 aliphatic carbocycles. The number of carbonyl (C=O) groups is 4. The second kappa shape index (κ2) is 20.5. The normalized spacial score (nSPS) is 12.0. The highest BCUT2D eigenvalue weighted by Crippen LogP contribution is 2.33. The van der Waals surface area contributed by atoms with Crippen LogP contribution in [0.5, 0.6) is 11.5 Å². The van der Waals surface area contributed by atoms with E-state index < -0.39 is 18.0 Å². The summed E-state index contributed by atoms with van der Waals surface area (Å²) in [5, 5.41) is 20.9. The summed E-state index contributed by atoms with van der Waals surface area (Å²) in [5.74, 6) is -0.00995. The van der Waals surface area contributed by atoms with Gasteiger partial charge < -0.3 is 29.2 Å². The summed E-state index contributed by atoms with van der Waals surface area (Å²) < 4.78 is 24.5. The molecule has 4 aromatic carbocycles. The molecule has 2 aromatic heterocycles. The highest BCUT2D eigenvalue weighted by molar-refractivity contribution is 6.31. The minimum Gasteiger partial charge on any atom is -0.497 e. The van der Waals surface area contributed by atoms with E-state index in [1.54, 1.807) is 124 Å². The van der Waals surface area contributed by atoms with Crippen molar-refractivity contribution in [3.8, 4) is 11.5 Å². The molecule has 2 unspecified atom stereocenters. The van der Waals surface area contributed by atoms with Gasteiger partial charge in [-0.2, -0.15) is 0 Å². The van der Waals surface area contributed by atoms with Crippen LogP contribution in [0.4, 0.5) is 0 Å². The molecule has 2 N–H and O–H groups in total. The zero-order chi connectivity index (χ0) is 43.7. The molecule has 6 aromatic rings. The summed E-state index contributed by atoms with van der Waals surface area (Å²) >= 11 is 11.9. The Hall–Kier alpha value is -5.66. The summed E-state index contributed by atoms with van der Waals surface area (Å²) in [6.07, 6.45) is -0.170. The Kier molecular flexibility index (Phi) is 15.6. The van der Waals surface area contributed by atoms with Crippen LogP contribution < -0.4 is 9.47 Å². The molecule has 0 saturated heterocycles. The van der Waals surface area contributed by atoms with Crippen LogP contribution in [0.1, 0.15) is 69.9 Å². The molecule has 6 rings (SSSR count). The van der Waals surface area contributed by atoms with Crippen molar-refractivity contribution in [1.29, 1.82) is 0 Å². The average Bonchev–Trinajstić information content (AvgIpc) is 3.65. The van der Waals surface area contributed by atoms with Gasteiger partial charge in [0.15, 0.2) is 0 Å². The maximum absolute atomic E-state index is 13.3. The highest BCUT2D eigenvalue weighted by Gasteiger charge is 2.25. The van der Waals surface area contributed by atoms with Gasteiger partial charge in [-0.25, -0.2) is 0 Å². The molecule has 0 aliphatic rings. The third kappa shape index (κ3) is 10.7. The molecule has 2 heterocycles. The number of carbonyl (C=O) groups excluding carboxylic acids is 4. The van der Waals surface area contributed by atoms with Crippen molar-refractivity contribution in [3.63, 3.8) is 0 Å². The molecule has 0 amide bonds. The van der Waals surface area contributed by atoms with Crippen molar-refractivity contribution < 1.29 is 48.3 Å². The third-order valence-electron chi connectivity index (χ3n) is 9.98. The first-order valence-electron chi connectivity index (χ1n) is 19.3. The maximum Gasteiger partial charge on any atom is 0.310 e. The Morgan fingerprint density at radius 1 is 0.650 bits per heavy atom. The first-order valence-corrected chi connectivity index (χ1v) is 20.0. The fraction of sp³-hybridized carbons (Fsp3) is 0.304. The minimum absolute atomic E-state index is 0.00612. The molecule has 12 nitrogen and oxygen atoms in total. The van der Waals surface area contributed by atoms with Crippen LogP contribution in [-0.2, 0) is 31.9 Å². The van der Waals surface area contributed by atoms with Crippen molar-refractivity contribution in [2.24, 2.45) is 0 Å². The average molecular weight is 860 g/mol. The minimum atomic E-state index is -0.539. The molecule has 0 saturated carbocycles. The number of hydrogen-bond donors (Lipinski definition) is 2. The molecular formula is C46H48Cl2N2O10. The lowest BCUT2D eigenvalue weighted by molar-refractivity contribution is -0.148. The Bertz CT molecular complexity index is 2490. The third-order valence-corrected chi connectivity index (χ3v) is 10.5. The van der Waals surface area contributed by atoms with Crippen LogP contribution in [0.15, 0.2) is 84.9 Å². The molecule has 0 spiro atoms. The summed E-state index contributed by atoms with van der Waals surface area (Å²) in [6, 6.07) is 24.1. The number of aliphatic hydroxyl groups is 2. The SMILES string of the molecule is COc1ccc2c(c1)c(CC(=O)OC(C)CCO)c(C)n2C(=O)c1ccc(Cl)cc1.COc1ccc2c(c1)c(CC(=O)OCCC(C)O)c(C)n2C(=O)c1ccc(Cl)cc1. The van der Waals surface area contributed by atoms with E-state index in [1.807, 2.05) is 12.1 Å². The standard InChI is InChI=1S/2C23H24ClNO5/c1-14(26)10-11-30-22(27)13-19-15(2)25(21-9-8-18(29-3)12-20(19)21)23(28)16-4-6-17(24)7-5-16;1-14(10-11-26)30-22(27)13-19-15(2)25(21-9-8-18(29-3)12-20(19)21)23(28)16-4-6-17(24)7-5-16/h2*4-9,12,14,26H,10-11,13H2,1-3H3. The zero-order valence-electron chi connectivity index (χ0n) is 34.3. The number of halogens is 2. The predicted octanol–water partition coefficient (Wildman–Crippen LogP) is 8.31. The molecule has 14 heteroatoms. The molecule has 0 bridgehead atoms. The van der Waals surface area contributed by atoms with Gasteiger partial charge in [0, 0.05) is 62.8 Å². The fourth-order valence-corrected chi connectivity index (χ4v) is 7.03. The lowest BCUT2D eigenvalue weighted by Crippen LogP contribution is -2.18. The van der Waals surface area contributed by atoms with Gasteiger partial charge in [-0.15, -0.1) is 0 Å². The molecule has 316 valence electrons. The van der Waals surface area contributed by atoms with Gasteiger partial charge in [-0.05, 0) is 124 Å². The van der Waals surface area contributed by atoms with Crippen LogP contribution in [0.2, 0.25) is 10.0 Å². The molecule has 0 aliphatic heterocycles. The first kappa shape index (κ1) is 45.4. The van der Waals surface area contributed by atoms with Crippen LogP contribution in [-0.4, -0.2) is 82.7 Å². The second-order valence-corrected chi connectivity index (χ2v) is 15.1. The van der Waals surface area contributed by atoms with Gasteiger partial charge in [0.25, 0.3) is 11.8 Å². The second-order valence-electron chi connectivity index (χ2n) is 14.2. The van der Waals surface area contributed by atoms with E-state index in [9.17, 15) is 24.3 Å². The number of aromatic nitrogens is 2. The van der Waals surface area contributed by atoms with Gasteiger partial charge in [-0.1, -0.05) is 23.2 Å². The summed E-state index contributed by atoms with van der Waals surface area (Å²) in [5.41, 5.74) is 5.05. The van der Waals surface area contributed by atoms with Crippen molar-refractivity contribution in [3.05, 3.63) is 129 Å². The van der Waals surface area contributed by atoms with Gasteiger partial charge in [0.05, 0.1) is 50.8 Å². The van der Waals surface area contributed by atoms with Crippen molar-refractivity contribution in [1.82, 2.24) is 9.13 Å². The van der Waals surface area contributed by atoms with Crippen molar-refractivity contribution in [2.45, 2.75) is 65.6 Å². The number of rotatable bonds is 14. The topological polar surface area (TPSA) is 156 Å². The molecule has 0 fully saturated rings. The molecular weight excluding hydrogens is 811 g/mol. The summed E-state index contributed by atoms with van der Waals surface area (Å²) in [6.45, 7) is 7.07. The summed E-state index contributed by atoms with van der Waals surface area (Å²) in [7, 11) is 3.13. The number of hydrogen-bond acceptors (Lipinski definition) is 10. The highest BCUT2D eigenvalue weighted by atomic mass is 35.5. The monoisotopic (exact) mass is 858 g/mol. The Morgan fingerprint density at radius 3 is 1.48 bits per heavy atom. The number of methoxy groups -OCH3 is 2.